The third kappa shape index (κ3) is 4.12. The van der Waals surface area contributed by atoms with E-state index in [9.17, 15) is 4.79 Å². The molecule has 0 radical (unpaired) electrons. The number of hydrogen-bond acceptors (Lipinski definition) is 2. The van der Waals surface area contributed by atoms with E-state index in [1.54, 1.807) is 0 Å². The number of carbonyl (C=O) groups excluding carboxylic acids is 1. The Morgan fingerprint density at radius 2 is 1.88 bits per heavy atom. The molecule has 0 bridgehead atoms. The van der Waals surface area contributed by atoms with Crippen LogP contribution < -0.4 is 11.1 Å². The van der Waals surface area contributed by atoms with Gasteiger partial charge < -0.3 is 11.1 Å². The summed E-state index contributed by atoms with van der Waals surface area (Å²) in [4.78, 5) is 11.9. The highest BCUT2D eigenvalue weighted by molar-refractivity contribution is 5.82. The molecule has 0 aromatic carbocycles. The van der Waals surface area contributed by atoms with Crippen molar-refractivity contribution in [3.8, 4) is 0 Å². The van der Waals surface area contributed by atoms with Gasteiger partial charge in [0.05, 0.1) is 6.04 Å². The predicted molar refractivity (Wildman–Crippen MR) is 67.1 cm³/mol. The van der Waals surface area contributed by atoms with E-state index >= 15 is 0 Å². The van der Waals surface area contributed by atoms with Gasteiger partial charge in [-0.2, -0.15) is 0 Å². The van der Waals surface area contributed by atoms with Crippen LogP contribution in [0.3, 0.4) is 0 Å². The van der Waals surface area contributed by atoms with Crippen LogP contribution in [0, 0.1) is 5.92 Å². The SMILES string of the molecule is CC(C)C[C@H](N)C(=O)NC1(C)CCCCC1. The molecule has 0 heterocycles. The zero-order chi connectivity index (χ0) is 12.2. The van der Waals surface area contributed by atoms with Crippen molar-refractivity contribution in [2.24, 2.45) is 11.7 Å². The first-order valence-corrected chi connectivity index (χ1v) is 6.50. The topological polar surface area (TPSA) is 55.1 Å². The lowest BCUT2D eigenvalue weighted by atomic mass is 9.83. The third-order valence-corrected chi connectivity index (χ3v) is 3.44. The number of carbonyl (C=O) groups is 1. The highest BCUT2D eigenvalue weighted by Crippen LogP contribution is 2.27. The van der Waals surface area contributed by atoms with Crippen molar-refractivity contribution >= 4 is 5.91 Å². The molecule has 0 spiro atoms. The second-order valence-corrected chi connectivity index (χ2v) is 5.85. The van der Waals surface area contributed by atoms with E-state index < -0.39 is 0 Å². The summed E-state index contributed by atoms with van der Waals surface area (Å²) >= 11 is 0. The third-order valence-electron chi connectivity index (χ3n) is 3.44. The Bertz CT molecular complexity index is 232. The van der Waals surface area contributed by atoms with Crippen molar-refractivity contribution in [3.05, 3.63) is 0 Å². The van der Waals surface area contributed by atoms with E-state index in [0.29, 0.717) is 5.92 Å². The molecule has 3 nitrogen and oxygen atoms in total. The Balaban J connectivity index is 2.43. The number of amides is 1. The standard InChI is InChI=1S/C13H26N2O/c1-10(2)9-11(14)12(16)15-13(3)7-5-4-6-8-13/h10-11H,4-9,14H2,1-3H3,(H,15,16)/t11-/m0/s1. The summed E-state index contributed by atoms with van der Waals surface area (Å²) in [6.07, 6.45) is 6.68. The van der Waals surface area contributed by atoms with E-state index in [2.05, 4.69) is 26.1 Å². The van der Waals surface area contributed by atoms with Gasteiger partial charge >= 0.3 is 0 Å². The molecular formula is C13H26N2O. The predicted octanol–water partition coefficient (Wildman–Crippen LogP) is 2.20. The monoisotopic (exact) mass is 226 g/mol. The van der Waals surface area contributed by atoms with Crippen molar-refractivity contribution in [1.82, 2.24) is 5.32 Å². The van der Waals surface area contributed by atoms with E-state index in [-0.39, 0.29) is 17.5 Å². The van der Waals surface area contributed by atoms with Crippen LogP contribution in [0.25, 0.3) is 0 Å². The summed E-state index contributed by atoms with van der Waals surface area (Å²) in [6, 6.07) is -0.348. The van der Waals surface area contributed by atoms with Crippen LogP contribution in [0.2, 0.25) is 0 Å². The lowest BCUT2D eigenvalue weighted by Gasteiger charge is -2.35. The van der Waals surface area contributed by atoms with Crippen LogP contribution in [-0.2, 0) is 4.79 Å². The Hall–Kier alpha value is -0.570. The Morgan fingerprint density at radius 3 is 2.38 bits per heavy atom. The molecule has 3 heteroatoms. The molecule has 0 aromatic rings. The number of nitrogens with one attached hydrogen (secondary N) is 1. The van der Waals surface area contributed by atoms with E-state index in [4.69, 9.17) is 5.73 Å². The maximum absolute atomic E-state index is 11.9. The van der Waals surface area contributed by atoms with Crippen molar-refractivity contribution in [1.29, 1.82) is 0 Å². The second-order valence-electron chi connectivity index (χ2n) is 5.85. The number of hydrogen-bond donors (Lipinski definition) is 2. The van der Waals surface area contributed by atoms with Gasteiger partial charge in [0.1, 0.15) is 0 Å². The van der Waals surface area contributed by atoms with Crippen molar-refractivity contribution in [2.45, 2.75) is 70.9 Å². The Kier molecular flexibility index (Phi) is 4.78. The normalized spacial score (nSPS) is 21.8. The summed E-state index contributed by atoms with van der Waals surface area (Å²) < 4.78 is 0. The van der Waals surface area contributed by atoms with E-state index in [1.807, 2.05) is 0 Å². The van der Waals surface area contributed by atoms with Crippen molar-refractivity contribution in [2.75, 3.05) is 0 Å². The van der Waals surface area contributed by atoms with Crippen molar-refractivity contribution in [3.63, 3.8) is 0 Å². The average molecular weight is 226 g/mol. The summed E-state index contributed by atoms with van der Waals surface area (Å²) in [5.74, 6) is 0.498. The maximum atomic E-state index is 11.9. The smallest absolute Gasteiger partial charge is 0.237 e. The maximum Gasteiger partial charge on any atom is 0.237 e. The van der Waals surface area contributed by atoms with Gasteiger partial charge in [-0.05, 0) is 32.1 Å². The highest BCUT2D eigenvalue weighted by Gasteiger charge is 2.30. The number of rotatable bonds is 4. The molecule has 0 unspecified atom stereocenters. The molecule has 3 N–H and O–H groups in total. The lowest BCUT2D eigenvalue weighted by molar-refractivity contribution is -0.124. The quantitative estimate of drug-likeness (QED) is 0.772. The molecular weight excluding hydrogens is 200 g/mol. The molecule has 0 saturated heterocycles. The molecule has 0 aromatic heterocycles. The van der Waals surface area contributed by atoms with Crippen LogP contribution in [0.1, 0.15) is 59.3 Å². The number of nitrogens with two attached hydrogens (primary N) is 1. The van der Waals surface area contributed by atoms with Gasteiger partial charge in [-0.15, -0.1) is 0 Å². The molecule has 16 heavy (non-hydrogen) atoms. The molecule has 1 aliphatic carbocycles. The van der Waals surface area contributed by atoms with Gasteiger partial charge in [0.2, 0.25) is 5.91 Å². The minimum Gasteiger partial charge on any atom is -0.350 e. The first-order chi connectivity index (χ1) is 7.43. The summed E-state index contributed by atoms with van der Waals surface area (Å²) in [6.45, 7) is 6.33. The molecule has 1 atom stereocenters. The fourth-order valence-corrected chi connectivity index (χ4v) is 2.46. The van der Waals surface area contributed by atoms with Gasteiger partial charge in [0.15, 0.2) is 0 Å². The minimum atomic E-state index is -0.348. The van der Waals surface area contributed by atoms with Crippen LogP contribution in [0.15, 0.2) is 0 Å². The molecule has 1 aliphatic rings. The first kappa shape index (κ1) is 13.5. The fraction of sp³-hybridized carbons (Fsp3) is 0.923. The molecule has 1 saturated carbocycles. The average Bonchev–Trinajstić information content (AvgIpc) is 2.16. The van der Waals surface area contributed by atoms with Gasteiger partial charge in [-0.3, -0.25) is 4.79 Å². The van der Waals surface area contributed by atoms with Crippen LogP contribution in [-0.4, -0.2) is 17.5 Å². The van der Waals surface area contributed by atoms with Gasteiger partial charge in [-0.1, -0.05) is 33.1 Å². The Morgan fingerprint density at radius 1 is 1.31 bits per heavy atom. The summed E-state index contributed by atoms with van der Waals surface area (Å²) in [5.41, 5.74) is 5.87. The fourth-order valence-electron chi connectivity index (χ4n) is 2.46. The molecule has 0 aliphatic heterocycles. The van der Waals surface area contributed by atoms with E-state index in [1.165, 1.54) is 19.3 Å². The van der Waals surface area contributed by atoms with Gasteiger partial charge in [0, 0.05) is 5.54 Å². The summed E-state index contributed by atoms with van der Waals surface area (Å²) in [7, 11) is 0. The zero-order valence-corrected chi connectivity index (χ0v) is 10.9. The molecule has 1 rings (SSSR count). The Labute approximate surface area is 99.2 Å². The van der Waals surface area contributed by atoms with Crippen LogP contribution in [0.5, 0.6) is 0 Å². The van der Waals surface area contributed by atoms with Gasteiger partial charge in [0.25, 0.3) is 0 Å². The van der Waals surface area contributed by atoms with Crippen LogP contribution >= 0.6 is 0 Å². The highest BCUT2D eigenvalue weighted by atomic mass is 16.2. The first-order valence-electron chi connectivity index (χ1n) is 6.50. The van der Waals surface area contributed by atoms with Crippen molar-refractivity contribution < 1.29 is 4.79 Å². The summed E-state index contributed by atoms with van der Waals surface area (Å²) in [5, 5.41) is 3.14. The second kappa shape index (κ2) is 5.67. The molecule has 94 valence electrons. The van der Waals surface area contributed by atoms with E-state index in [0.717, 1.165) is 19.3 Å². The van der Waals surface area contributed by atoms with Gasteiger partial charge in [-0.25, -0.2) is 0 Å². The minimum absolute atomic E-state index is 0.00999. The lowest BCUT2D eigenvalue weighted by Crippen LogP contribution is -2.53. The largest absolute Gasteiger partial charge is 0.350 e. The van der Waals surface area contributed by atoms with Crippen LogP contribution in [0.4, 0.5) is 0 Å². The molecule has 1 fully saturated rings. The molecule has 1 amide bonds. The zero-order valence-electron chi connectivity index (χ0n) is 10.9.